The van der Waals surface area contributed by atoms with Crippen LogP contribution in [0.4, 0.5) is 23.8 Å². The van der Waals surface area contributed by atoms with Crippen molar-refractivity contribution in [1.82, 2.24) is 9.88 Å². The highest BCUT2D eigenvalue weighted by Crippen LogP contribution is 2.31. The fourth-order valence-electron chi connectivity index (χ4n) is 2.76. The van der Waals surface area contributed by atoms with Gasteiger partial charge in [-0.3, -0.25) is 0 Å². The van der Waals surface area contributed by atoms with E-state index in [1.54, 1.807) is 18.0 Å². The number of halogens is 4. The molecule has 0 spiro atoms. The second-order valence-electron chi connectivity index (χ2n) is 7.34. The summed E-state index contributed by atoms with van der Waals surface area (Å²) in [4.78, 5) is 19.3. The number of rotatable bonds is 2. The summed E-state index contributed by atoms with van der Waals surface area (Å²) in [6.45, 7) is 6.48. The van der Waals surface area contributed by atoms with Crippen molar-refractivity contribution in [1.29, 1.82) is 0 Å². The van der Waals surface area contributed by atoms with Gasteiger partial charge in [0.15, 0.2) is 0 Å². The van der Waals surface area contributed by atoms with Crippen molar-refractivity contribution < 1.29 is 22.7 Å². The highest BCUT2D eigenvalue weighted by molar-refractivity contribution is 14.1. The Bertz CT molecular complexity index is 654. The van der Waals surface area contributed by atoms with E-state index in [0.717, 1.165) is 6.07 Å². The number of hydrogen-bond donors (Lipinski definition) is 0. The minimum Gasteiger partial charge on any atom is -0.444 e. The van der Waals surface area contributed by atoms with E-state index in [0.29, 0.717) is 35.3 Å². The third kappa shape index (κ3) is 5.62. The monoisotopic (exact) mass is 485 g/mol. The van der Waals surface area contributed by atoms with E-state index < -0.39 is 17.5 Å². The highest BCUT2D eigenvalue weighted by Gasteiger charge is 2.34. The van der Waals surface area contributed by atoms with Gasteiger partial charge in [-0.2, -0.15) is 13.2 Å². The van der Waals surface area contributed by atoms with Gasteiger partial charge in [0.2, 0.25) is 0 Å². The number of aromatic nitrogens is 1. The molecule has 0 bridgehead atoms. The second-order valence-corrected chi connectivity index (χ2v) is 8.58. The first-order valence-corrected chi connectivity index (χ1v) is 9.40. The number of anilines is 1. The topological polar surface area (TPSA) is 45.7 Å². The van der Waals surface area contributed by atoms with Crippen molar-refractivity contribution in [2.45, 2.75) is 51.4 Å². The van der Waals surface area contributed by atoms with Crippen LogP contribution in [0.1, 0.15) is 39.3 Å². The van der Waals surface area contributed by atoms with Gasteiger partial charge in [0.05, 0.1) is 0 Å². The summed E-state index contributed by atoms with van der Waals surface area (Å²) in [5, 5.41) is 0. The van der Waals surface area contributed by atoms with E-state index in [2.05, 4.69) is 4.98 Å². The zero-order chi connectivity index (χ0) is 19.7. The number of nitrogens with zero attached hydrogens (tertiary/aromatic N) is 3. The van der Waals surface area contributed by atoms with E-state index in [4.69, 9.17) is 4.74 Å². The lowest BCUT2D eigenvalue weighted by molar-refractivity contribution is -0.141. The summed E-state index contributed by atoms with van der Waals surface area (Å²) in [6, 6.07) is 2.67. The maximum atomic E-state index is 13.0. The van der Waals surface area contributed by atoms with Crippen molar-refractivity contribution >= 4 is 34.5 Å². The first-order valence-electron chi connectivity index (χ1n) is 8.32. The first-order chi connectivity index (χ1) is 11.9. The summed E-state index contributed by atoms with van der Waals surface area (Å²) in [5.74, 6) is 0.322. The van der Waals surface area contributed by atoms with Crippen molar-refractivity contribution in [2.75, 3.05) is 25.0 Å². The number of pyridine rings is 1. The van der Waals surface area contributed by atoms with Gasteiger partial charge in [-0.05, 0) is 68.3 Å². The Kier molecular flexibility index (Phi) is 6.29. The molecule has 0 saturated carbocycles. The van der Waals surface area contributed by atoms with Crippen LogP contribution in [0.25, 0.3) is 0 Å². The molecule has 1 fully saturated rings. The Balaban J connectivity index is 2.02. The average Bonchev–Trinajstić information content (AvgIpc) is 2.51. The molecular formula is C17H23F3IN3O2. The molecule has 9 heteroatoms. The largest absolute Gasteiger partial charge is 0.444 e. The molecule has 0 radical (unpaired) electrons. The SMILES string of the molecule is CN(C(=O)OC(C)(C)C)C1CCN(c2cc(I)cc(C(F)(F)F)n2)CC1. The smallest absolute Gasteiger partial charge is 0.433 e. The van der Waals surface area contributed by atoms with Gasteiger partial charge in [0.25, 0.3) is 0 Å². The number of ether oxygens (including phenoxy) is 1. The van der Waals surface area contributed by atoms with Crippen LogP contribution >= 0.6 is 22.6 Å². The molecular weight excluding hydrogens is 462 g/mol. The molecule has 0 N–H and O–H groups in total. The molecule has 0 aliphatic carbocycles. The fraction of sp³-hybridized carbons (Fsp3) is 0.647. The maximum absolute atomic E-state index is 13.0. The molecule has 1 aromatic rings. The number of alkyl halides is 3. The minimum atomic E-state index is -4.47. The fourth-order valence-corrected chi connectivity index (χ4v) is 3.33. The normalized spacial score (nSPS) is 16.5. The van der Waals surface area contributed by atoms with Crippen LogP contribution in [0.3, 0.4) is 0 Å². The molecule has 0 unspecified atom stereocenters. The molecule has 0 atom stereocenters. The molecule has 1 saturated heterocycles. The van der Waals surface area contributed by atoms with Gasteiger partial charge in [-0.15, -0.1) is 0 Å². The summed E-state index contributed by atoms with van der Waals surface area (Å²) in [7, 11) is 1.69. The number of piperidine rings is 1. The van der Waals surface area contributed by atoms with E-state index in [9.17, 15) is 18.0 Å². The summed E-state index contributed by atoms with van der Waals surface area (Å²) >= 11 is 1.87. The van der Waals surface area contributed by atoms with Gasteiger partial charge in [-0.1, -0.05) is 0 Å². The first kappa shape index (κ1) is 21.0. The van der Waals surface area contributed by atoms with Crippen molar-refractivity contribution in [3.63, 3.8) is 0 Å². The number of hydrogen-bond acceptors (Lipinski definition) is 4. The lowest BCUT2D eigenvalue weighted by Crippen LogP contribution is -2.47. The second kappa shape index (κ2) is 7.77. The van der Waals surface area contributed by atoms with Crippen molar-refractivity contribution in [2.24, 2.45) is 0 Å². The van der Waals surface area contributed by atoms with Gasteiger partial charge >= 0.3 is 12.3 Å². The highest BCUT2D eigenvalue weighted by atomic mass is 127. The maximum Gasteiger partial charge on any atom is 0.433 e. The standard InChI is InChI=1S/C17H23F3IN3O2/c1-16(2,3)26-15(25)23(4)12-5-7-24(8-6-12)14-10-11(21)9-13(22-14)17(18,19)20/h9-10,12H,5-8H2,1-4H3. The molecule has 1 aliphatic heterocycles. The van der Waals surface area contributed by atoms with Crippen LogP contribution in [0.5, 0.6) is 0 Å². The molecule has 5 nitrogen and oxygen atoms in total. The van der Waals surface area contributed by atoms with E-state index >= 15 is 0 Å². The number of carbonyl (C=O) groups is 1. The van der Waals surface area contributed by atoms with Crippen LogP contribution in [0, 0.1) is 3.57 Å². The Labute approximate surface area is 165 Å². The van der Waals surface area contributed by atoms with Crippen LogP contribution in [-0.2, 0) is 10.9 Å². The average molecular weight is 485 g/mol. The third-order valence-corrected chi connectivity index (χ3v) is 4.71. The van der Waals surface area contributed by atoms with Gasteiger partial charge in [0.1, 0.15) is 17.1 Å². The molecule has 1 aromatic heterocycles. The molecule has 1 amide bonds. The summed E-state index contributed by atoms with van der Waals surface area (Å²) < 4.78 is 44.8. The molecule has 1 aliphatic rings. The van der Waals surface area contributed by atoms with Crippen molar-refractivity contribution in [3.8, 4) is 0 Å². The molecule has 146 valence electrons. The lowest BCUT2D eigenvalue weighted by atomic mass is 10.0. The Morgan fingerprint density at radius 3 is 2.35 bits per heavy atom. The van der Waals surface area contributed by atoms with Crippen LogP contribution < -0.4 is 4.90 Å². The lowest BCUT2D eigenvalue weighted by Gasteiger charge is -2.37. The number of amides is 1. The van der Waals surface area contributed by atoms with Gasteiger partial charge in [-0.25, -0.2) is 9.78 Å². The van der Waals surface area contributed by atoms with Crippen LogP contribution in [0.2, 0.25) is 0 Å². The van der Waals surface area contributed by atoms with Crippen LogP contribution in [-0.4, -0.2) is 47.8 Å². The summed E-state index contributed by atoms with van der Waals surface area (Å²) in [6.07, 6.45) is -3.57. The quantitative estimate of drug-likeness (QED) is 0.578. The Morgan fingerprint density at radius 1 is 1.27 bits per heavy atom. The van der Waals surface area contributed by atoms with E-state index in [1.807, 2.05) is 48.3 Å². The Morgan fingerprint density at radius 2 is 1.85 bits per heavy atom. The summed E-state index contributed by atoms with van der Waals surface area (Å²) in [5.41, 5.74) is -1.45. The van der Waals surface area contributed by atoms with Gasteiger partial charge in [0, 0.05) is 29.7 Å². The Hall–Kier alpha value is -1.26. The van der Waals surface area contributed by atoms with Crippen molar-refractivity contribution in [3.05, 3.63) is 21.4 Å². The zero-order valence-corrected chi connectivity index (χ0v) is 17.4. The molecule has 0 aromatic carbocycles. The molecule has 2 rings (SSSR count). The minimum absolute atomic E-state index is 0.00836. The van der Waals surface area contributed by atoms with Crippen LogP contribution in [0.15, 0.2) is 12.1 Å². The van der Waals surface area contributed by atoms with E-state index in [1.165, 1.54) is 0 Å². The predicted octanol–water partition coefficient (Wildman–Crippen LogP) is 4.54. The van der Waals surface area contributed by atoms with Gasteiger partial charge < -0.3 is 14.5 Å². The molecule has 2 heterocycles. The number of carbonyl (C=O) groups excluding carboxylic acids is 1. The zero-order valence-electron chi connectivity index (χ0n) is 15.2. The molecule has 26 heavy (non-hydrogen) atoms. The third-order valence-electron chi connectivity index (χ3n) is 4.08. The predicted molar refractivity (Wildman–Crippen MR) is 101 cm³/mol. The van der Waals surface area contributed by atoms with E-state index in [-0.39, 0.29) is 12.1 Å².